The number of thiophene rings is 1. The van der Waals surface area contributed by atoms with Crippen molar-refractivity contribution >= 4 is 28.5 Å². The topological polar surface area (TPSA) is 73.8 Å². The van der Waals surface area contributed by atoms with Gasteiger partial charge in [-0.15, -0.1) is 11.3 Å². The first kappa shape index (κ1) is 12.0. The van der Waals surface area contributed by atoms with Gasteiger partial charge in [-0.05, 0) is 21.4 Å². The van der Waals surface area contributed by atoms with Crippen LogP contribution in [0.5, 0.6) is 0 Å². The van der Waals surface area contributed by atoms with Crippen LogP contribution in [0, 0.1) is 10.1 Å². The van der Waals surface area contributed by atoms with Gasteiger partial charge in [0.2, 0.25) is 6.33 Å². The van der Waals surface area contributed by atoms with E-state index in [0.29, 0.717) is 6.54 Å². The second kappa shape index (κ2) is 4.90. The van der Waals surface area contributed by atoms with Crippen molar-refractivity contribution in [2.24, 2.45) is 0 Å². The Morgan fingerprint density at radius 3 is 3.00 bits per heavy atom. The highest BCUT2D eigenvalue weighted by molar-refractivity contribution is 7.14. The summed E-state index contributed by atoms with van der Waals surface area (Å²) in [6.45, 7) is 0.488. The molecule has 3 heterocycles. The lowest BCUT2D eigenvalue weighted by molar-refractivity contribution is -0.389. The molecular weight excluding hydrogens is 284 g/mol. The van der Waals surface area contributed by atoms with Crippen molar-refractivity contribution < 1.29 is 4.92 Å². The molecule has 0 aromatic carbocycles. The van der Waals surface area contributed by atoms with Gasteiger partial charge in [-0.2, -0.15) is 11.3 Å². The molecule has 96 valence electrons. The predicted molar refractivity (Wildman–Crippen MR) is 73.4 cm³/mol. The first-order chi connectivity index (χ1) is 9.22. The molecule has 0 aliphatic carbocycles. The van der Waals surface area contributed by atoms with Crippen molar-refractivity contribution in [2.45, 2.75) is 6.54 Å². The molecule has 3 aromatic heterocycles. The van der Waals surface area contributed by atoms with Gasteiger partial charge in [0, 0.05) is 16.3 Å². The van der Waals surface area contributed by atoms with Crippen LogP contribution in [-0.4, -0.2) is 19.5 Å². The quantitative estimate of drug-likeness (QED) is 0.547. The lowest BCUT2D eigenvalue weighted by atomic mass is 10.3. The van der Waals surface area contributed by atoms with Crippen molar-refractivity contribution in [2.75, 3.05) is 0 Å². The molecular formula is C11H8N4O2S2. The van der Waals surface area contributed by atoms with E-state index in [1.54, 1.807) is 27.2 Å². The molecule has 0 unspecified atom stereocenters. The highest BCUT2D eigenvalue weighted by atomic mass is 32.1. The predicted octanol–water partition coefficient (Wildman–Crippen LogP) is 3.02. The number of nitrogens with zero attached hydrogens (tertiary/aromatic N) is 4. The summed E-state index contributed by atoms with van der Waals surface area (Å²) in [5.41, 5.74) is 1.98. The monoisotopic (exact) mass is 292 g/mol. The maximum atomic E-state index is 10.5. The van der Waals surface area contributed by atoms with Crippen LogP contribution in [-0.2, 0) is 6.54 Å². The number of nitro groups is 1. The molecule has 0 saturated heterocycles. The Morgan fingerprint density at radius 1 is 1.42 bits per heavy atom. The van der Waals surface area contributed by atoms with Gasteiger partial charge in [-0.1, -0.05) is 0 Å². The van der Waals surface area contributed by atoms with Crippen molar-refractivity contribution in [3.8, 4) is 10.6 Å². The summed E-state index contributed by atoms with van der Waals surface area (Å²) in [6, 6.07) is 2.02. The molecule has 0 spiro atoms. The molecule has 0 aliphatic rings. The number of rotatable bonds is 4. The summed E-state index contributed by atoms with van der Waals surface area (Å²) >= 11 is 3.20. The maximum Gasteiger partial charge on any atom is 0.381 e. The fourth-order valence-electron chi connectivity index (χ4n) is 1.61. The largest absolute Gasteiger partial charge is 0.381 e. The van der Waals surface area contributed by atoms with Crippen LogP contribution in [0.1, 0.15) is 5.69 Å². The van der Waals surface area contributed by atoms with Crippen molar-refractivity contribution in [3.05, 3.63) is 50.5 Å². The zero-order chi connectivity index (χ0) is 13.2. The van der Waals surface area contributed by atoms with E-state index >= 15 is 0 Å². The van der Waals surface area contributed by atoms with E-state index in [0.717, 1.165) is 16.3 Å². The van der Waals surface area contributed by atoms with E-state index in [-0.39, 0.29) is 5.82 Å². The number of thiazole rings is 1. The minimum absolute atomic E-state index is 0.145. The van der Waals surface area contributed by atoms with E-state index in [9.17, 15) is 10.1 Å². The number of aromatic nitrogens is 3. The van der Waals surface area contributed by atoms with Crippen LogP contribution < -0.4 is 0 Å². The first-order valence-electron chi connectivity index (χ1n) is 5.35. The van der Waals surface area contributed by atoms with Crippen LogP contribution >= 0.6 is 22.7 Å². The average Bonchev–Trinajstić information content (AvgIpc) is 3.09. The number of hydrogen-bond donors (Lipinski definition) is 0. The van der Waals surface area contributed by atoms with Gasteiger partial charge < -0.3 is 14.7 Å². The van der Waals surface area contributed by atoms with Crippen molar-refractivity contribution in [1.29, 1.82) is 0 Å². The van der Waals surface area contributed by atoms with Crippen LogP contribution in [0.3, 0.4) is 0 Å². The lowest BCUT2D eigenvalue weighted by Gasteiger charge is -1.95. The molecule has 0 saturated carbocycles. The van der Waals surface area contributed by atoms with Gasteiger partial charge in [0.25, 0.3) is 0 Å². The zero-order valence-electron chi connectivity index (χ0n) is 9.59. The Kier molecular flexibility index (Phi) is 3.10. The number of hydrogen-bond acceptors (Lipinski definition) is 6. The summed E-state index contributed by atoms with van der Waals surface area (Å²) in [7, 11) is 0. The third kappa shape index (κ3) is 2.54. The highest BCUT2D eigenvalue weighted by Gasteiger charge is 2.11. The van der Waals surface area contributed by atoms with Crippen molar-refractivity contribution in [1.82, 2.24) is 14.5 Å². The smallest absolute Gasteiger partial charge is 0.358 e. The average molecular weight is 292 g/mol. The van der Waals surface area contributed by atoms with E-state index in [1.165, 1.54) is 12.5 Å². The Morgan fingerprint density at radius 2 is 2.32 bits per heavy atom. The second-order valence-electron chi connectivity index (χ2n) is 3.82. The van der Waals surface area contributed by atoms with Crippen LogP contribution in [0.4, 0.5) is 5.82 Å². The molecule has 0 N–H and O–H groups in total. The van der Waals surface area contributed by atoms with Gasteiger partial charge in [0.05, 0.1) is 12.2 Å². The van der Waals surface area contributed by atoms with Gasteiger partial charge in [0.1, 0.15) is 11.2 Å². The standard InChI is InChI=1S/C11H8N4O2S2/c16-15(17)10-4-14(7-12-10)3-9-6-19-11(13-9)8-1-2-18-5-8/h1-2,4-7H,3H2. The maximum absolute atomic E-state index is 10.5. The van der Waals surface area contributed by atoms with Crippen LogP contribution in [0.25, 0.3) is 10.6 Å². The molecule has 19 heavy (non-hydrogen) atoms. The molecule has 0 radical (unpaired) electrons. The Hall–Kier alpha value is -2.06. The molecule has 3 rings (SSSR count). The van der Waals surface area contributed by atoms with Gasteiger partial charge in [-0.3, -0.25) is 0 Å². The molecule has 6 nitrogen and oxygen atoms in total. The molecule has 0 aliphatic heterocycles. The fourth-order valence-corrected chi connectivity index (χ4v) is 3.14. The third-order valence-corrected chi connectivity index (χ3v) is 4.09. The second-order valence-corrected chi connectivity index (χ2v) is 5.46. The third-order valence-electron chi connectivity index (χ3n) is 2.47. The van der Waals surface area contributed by atoms with Gasteiger partial charge >= 0.3 is 5.82 Å². The summed E-state index contributed by atoms with van der Waals surface area (Å²) in [4.78, 5) is 18.3. The number of imidazole rings is 1. The summed E-state index contributed by atoms with van der Waals surface area (Å²) in [5.74, 6) is -0.145. The Labute approximate surface area is 116 Å². The van der Waals surface area contributed by atoms with Gasteiger partial charge in [0.15, 0.2) is 0 Å². The minimum Gasteiger partial charge on any atom is -0.358 e. The Bertz CT molecular complexity index is 702. The van der Waals surface area contributed by atoms with Crippen LogP contribution in [0.2, 0.25) is 0 Å². The zero-order valence-corrected chi connectivity index (χ0v) is 11.2. The highest BCUT2D eigenvalue weighted by Crippen LogP contribution is 2.26. The van der Waals surface area contributed by atoms with E-state index in [2.05, 4.69) is 9.97 Å². The van der Waals surface area contributed by atoms with Gasteiger partial charge in [-0.25, -0.2) is 4.98 Å². The Balaban J connectivity index is 1.78. The molecule has 0 bridgehead atoms. The van der Waals surface area contributed by atoms with Crippen LogP contribution in [0.15, 0.2) is 34.7 Å². The summed E-state index contributed by atoms with van der Waals surface area (Å²) in [6.07, 6.45) is 2.85. The van der Waals surface area contributed by atoms with E-state index < -0.39 is 4.92 Å². The fraction of sp³-hybridized carbons (Fsp3) is 0.0909. The molecule has 0 atom stereocenters. The molecule has 8 heteroatoms. The molecule has 0 fully saturated rings. The normalized spacial score (nSPS) is 10.7. The molecule has 3 aromatic rings. The minimum atomic E-state index is -0.506. The first-order valence-corrected chi connectivity index (χ1v) is 7.18. The molecule has 0 amide bonds. The van der Waals surface area contributed by atoms with E-state index in [1.807, 2.05) is 22.2 Å². The van der Waals surface area contributed by atoms with E-state index in [4.69, 9.17) is 0 Å². The van der Waals surface area contributed by atoms with Crippen molar-refractivity contribution in [3.63, 3.8) is 0 Å². The SMILES string of the molecule is O=[N+]([O-])c1cn(Cc2csc(-c3ccsc3)n2)cn1. The summed E-state index contributed by atoms with van der Waals surface area (Å²) in [5, 5.41) is 17.5. The lowest BCUT2D eigenvalue weighted by Crippen LogP contribution is -1.96. The summed E-state index contributed by atoms with van der Waals surface area (Å²) < 4.78 is 1.66.